The minimum Gasteiger partial charge on any atom is -0.289 e. The van der Waals surface area contributed by atoms with Crippen molar-refractivity contribution in [1.29, 1.82) is 0 Å². The first kappa shape index (κ1) is 24.8. The molecule has 5 aromatic rings. The van der Waals surface area contributed by atoms with Gasteiger partial charge in [0, 0.05) is 42.4 Å². The minimum atomic E-state index is -0.0596. The largest absolute Gasteiger partial charge is 0.289 e. The molecule has 0 fully saturated rings. The quantitative estimate of drug-likeness (QED) is 0.198. The van der Waals surface area contributed by atoms with E-state index in [1.54, 1.807) is 41.7 Å². The molecule has 37 heavy (non-hydrogen) atoms. The van der Waals surface area contributed by atoms with Gasteiger partial charge in [0.2, 0.25) is 0 Å². The molecule has 0 amide bonds. The Labute approximate surface area is 220 Å². The van der Waals surface area contributed by atoms with E-state index in [0.717, 1.165) is 31.3 Å². The van der Waals surface area contributed by atoms with Crippen LogP contribution in [0.15, 0.2) is 83.7 Å². The molecule has 4 heteroatoms. The molecule has 0 unspecified atom stereocenters. The van der Waals surface area contributed by atoms with Crippen LogP contribution in [0, 0.1) is 13.8 Å². The molecule has 0 N–H and O–H groups in total. The van der Waals surface area contributed by atoms with Crippen LogP contribution < -0.4 is 5.43 Å². The number of carbonyl (C=O) groups is 2. The molecule has 0 bridgehead atoms. The van der Waals surface area contributed by atoms with E-state index in [9.17, 15) is 14.4 Å². The molecular formula is C33H28O3S. The highest BCUT2D eigenvalue weighted by Gasteiger charge is 2.30. The average molecular weight is 505 g/mol. The Morgan fingerprint density at radius 3 is 1.89 bits per heavy atom. The Hall–Kier alpha value is -3.89. The van der Waals surface area contributed by atoms with E-state index in [2.05, 4.69) is 33.8 Å². The van der Waals surface area contributed by atoms with E-state index in [4.69, 9.17) is 0 Å². The third kappa shape index (κ3) is 4.42. The summed E-state index contributed by atoms with van der Waals surface area (Å²) in [5.41, 5.74) is 5.57. The van der Waals surface area contributed by atoms with Gasteiger partial charge in [0.05, 0.1) is 0 Å². The summed E-state index contributed by atoms with van der Waals surface area (Å²) in [6.45, 7) is 10.4. The molecule has 0 saturated carbocycles. The molecule has 0 radical (unpaired) electrons. The molecule has 0 spiro atoms. The SMILES string of the molecule is CC(C)(C)c1ccc2c(c1)C(=O)c1ccccc1C2=O.Cc1cc(C)c2sc3ccccc3c(=O)c2c1. The van der Waals surface area contributed by atoms with Crippen LogP contribution in [0.1, 0.15) is 69.3 Å². The monoisotopic (exact) mass is 504 g/mol. The Bertz CT molecular complexity index is 1780. The summed E-state index contributed by atoms with van der Waals surface area (Å²) in [7, 11) is 0. The summed E-state index contributed by atoms with van der Waals surface area (Å²) in [5, 5.41) is 1.68. The van der Waals surface area contributed by atoms with Crippen molar-refractivity contribution in [2.45, 2.75) is 40.0 Å². The summed E-state index contributed by atoms with van der Waals surface area (Å²) >= 11 is 1.70. The average Bonchev–Trinajstić information content (AvgIpc) is 2.88. The van der Waals surface area contributed by atoms with Crippen LogP contribution in [-0.4, -0.2) is 11.6 Å². The van der Waals surface area contributed by atoms with Gasteiger partial charge in [-0.1, -0.05) is 74.9 Å². The summed E-state index contributed by atoms with van der Waals surface area (Å²) in [6.07, 6.45) is 0. The van der Waals surface area contributed by atoms with Crippen molar-refractivity contribution in [2.75, 3.05) is 0 Å². The Morgan fingerprint density at radius 1 is 0.622 bits per heavy atom. The summed E-state index contributed by atoms with van der Waals surface area (Å²) in [5.74, 6) is -0.114. The van der Waals surface area contributed by atoms with E-state index < -0.39 is 0 Å². The van der Waals surface area contributed by atoms with Gasteiger partial charge in [-0.3, -0.25) is 14.4 Å². The first-order valence-corrected chi connectivity index (χ1v) is 13.1. The molecule has 0 saturated heterocycles. The van der Waals surface area contributed by atoms with Gasteiger partial charge in [-0.05, 0) is 60.7 Å². The maximum absolute atomic E-state index is 12.6. The lowest BCUT2D eigenvalue weighted by molar-refractivity contribution is 0.0979. The summed E-state index contributed by atoms with van der Waals surface area (Å²) in [6, 6.07) is 24.6. The molecule has 6 rings (SSSR count). The van der Waals surface area contributed by atoms with Crippen molar-refractivity contribution in [3.8, 4) is 0 Å². The summed E-state index contributed by atoms with van der Waals surface area (Å²) in [4.78, 5) is 37.4. The molecule has 1 aromatic heterocycles. The number of carbonyl (C=O) groups excluding carboxylic acids is 2. The van der Waals surface area contributed by atoms with Gasteiger partial charge in [-0.25, -0.2) is 0 Å². The number of rotatable bonds is 0. The lowest BCUT2D eigenvalue weighted by Gasteiger charge is -2.23. The zero-order chi connectivity index (χ0) is 26.5. The number of fused-ring (bicyclic) bond motifs is 4. The molecule has 0 aliphatic heterocycles. The third-order valence-corrected chi connectivity index (χ3v) is 8.12. The fourth-order valence-electron chi connectivity index (χ4n) is 4.82. The molecule has 4 aromatic carbocycles. The van der Waals surface area contributed by atoms with Gasteiger partial charge in [0.1, 0.15) is 0 Å². The van der Waals surface area contributed by atoms with Crippen molar-refractivity contribution in [2.24, 2.45) is 0 Å². The van der Waals surface area contributed by atoms with E-state index in [-0.39, 0.29) is 22.4 Å². The third-order valence-electron chi connectivity index (χ3n) is 6.80. The first-order chi connectivity index (χ1) is 17.6. The van der Waals surface area contributed by atoms with Gasteiger partial charge >= 0.3 is 0 Å². The second-order valence-corrected chi connectivity index (χ2v) is 11.7. The molecule has 184 valence electrons. The van der Waals surface area contributed by atoms with Crippen LogP contribution in [0.2, 0.25) is 0 Å². The number of benzene rings is 4. The van der Waals surface area contributed by atoms with Gasteiger partial charge in [-0.15, -0.1) is 11.3 Å². The standard InChI is InChI=1S/C18H16O2.C15H12OS/c1-18(2,3)11-8-9-14-15(10-11)17(20)13-7-5-4-6-12(13)16(14)19;1-9-7-10(2)15-12(8-9)14(16)11-5-3-4-6-13(11)17-15/h4-10H,1-3H3;3-8H,1-2H3. The highest BCUT2D eigenvalue weighted by atomic mass is 32.1. The maximum Gasteiger partial charge on any atom is 0.195 e. The van der Waals surface area contributed by atoms with Crippen LogP contribution in [0.4, 0.5) is 0 Å². The molecule has 0 atom stereocenters. The highest BCUT2D eigenvalue weighted by molar-refractivity contribution is 7.24. The first-order valence-electron chi connectivity index (χ1n) is 12.3. The van der Waals surface area contributed by atoms with Gasteiger partial charge in [0.25, 0.3) is 0 Å². The second-order valence-electron chi connectivity index (χ2n) is 10.6. The van der Waals surface area contributed by atoms with Gasteiger partial charge in [-0.2, -0.15) is 0 Å². The number of ketones is 2. The van der Waals surface area contributed by atoms with Crippen LogP contribution in [0.25, 0.3) is 20.2 Å². The Kier molecular flexibility index (Phi) is 6.17. The molecule has 1 aliphatic rings. The van der Waals surface area contributed by atoms with Crippen molar-refractivity contribution in [3.63, 3.8) is 0 Å². The van der Waals surface area contributed by atoms with E-state index in [1.165, 1.54) is 5.56 Å². The highest BCUT2D eigenvalue weighted by Crippen LogP contribution is 2.31. The van der Waals surface area contributed by atoms with Gasteiger partial charge in [0.15, 0.2) is 17.0 Å². The van der Waals surface area contributed by atoms with Crippen molar-refractivity contribution in [3.05, 3.63) is 128 Å². The smallest absolute Gasteiger partial charge is 0.195 e. The Morgan fingerprint density at radius 2 is 1.22 bits per heavy atom. The zero-order valence-corrected chi connectivity index (χ0v) is 22.5. The molecular weight excluding hydrogens is 476 g/mol. The zero-order valence-electron chi connectivity index (χ0n) is 21.6. The number of hydrogen-bond acceptors (Lipinski definition) is 4. The second kappa shape index (κ2) is 9.20. The summed E-state index contributed by atoms with van der Waals surface area (Å²) < 4.78 is 2.18. The normalized spacial score (nSPS) is 12.7. The van der Waals surface area contributed by atoms with Gasteiger partial charge < -0.3 is 0 Å². The van der Waals surface area contributed by atoms with Crippen molar-refractivity contribution in [1.82, 2.24) is 0 Å². The van der Waals surface area contributed by atoms with Crippen LogP contribution in [0.5, 0.6) is 0 Å². The predicted octanol–water partition coefficient (Wildman–Crippen LogP) is 7.79. The van der Waals surface area contributed by atoms with E-state index in [0.29, 0.717) is 22.3 Å². The van der Waals surface area contributed by atoms with E-state index >= 15 is 0 Å². The minimum absolute atomic E-state index is 0.0463. The number of aryl methyl sites for hydroxylation is 2. The topological polar surface area (TPSA) is 51.2 Å². The predicted molar refractivity (Wildman–Crippen MR) is 154 cm³/mol. The van der Waals surface area contributed by atoms with Crippen molar-refractivity contribution < 1.29 is 9.59 Å². The fraction of sp³-hybridized carbons (Fsp3) is 0.182. The van der Waals surface area contributed by atoms with Crippen LogP contribution >= 0.6 is 11.3 Å². The lowest BCUT2D eigenvalue weighted by Crippen LogP contribution is -2.22. The van der Waals surface area contributed by atoms with Crippen LogP contribution in [-0.2, 0) is 5.41 Å². The number of hydrogen-bond donors (Lipinski definition) is 0. The Balaban J connectivity index is 0.000000153. The lowest BCUT2D eigenvalue weighted by atomic mass is 9.79. The molecule has 1 heterocycles. The maximum atomic E-state index is 12.6. The van der Waals surface area contributed by atoms with E-state index in [1.807, 2.05) is 49.4 Å². The molecule has 3 nitrogen and oxygen atoms in total. The van der Waals surface area contributed by atoms with Crippen molar-refractivity contribution >= 4 is 43.1 Å². The molecule has 1 aliphatic carbocycles. The van der Waals surface area contributed by atoms with Crippen LogP contribution in [0.3, 0.4) is 0 Å². The fourth-order valence-corrected chi connectivity index (χ4v) is 5.94.